The van der Waals surface area contributed by atoms with E-state index in [1.165, 1.54) is 44.8 Å². The van der Waals surface area contributed by atoms with E-state index < -0.39 is 0 Å². The first-order valence-corrected chi connectivity index (χ1v) is 12.7. The predicted molar refractivity (Wildman–Crippen MR) is 155 cm³/mol. The summed E-state index contributed by atoms with van der Waals surface area (Å²) in [5.74, 6) is 0.953. The number of hydrogen-bond acceptors (Lipinski definition) is 3. The predicted octanol–water partition coefficient (Wildman–Crippen LogP) is 7.57. The lowest BCUT2D eigenvalue weighted by atomic mass is 9.59. The molecule has 5 aromatic carbocycles. The van der Waals surface area contributed by atoms with Crippen molar-refractivity contribution >= 4 is 46.2 Å². The third-order valence-electron chi connectivity index (χ3n) is 7.61. The molecule has 0 unspecified atom stereocenters. The zero-order chi connectivity index (χ0) is 24.3. The standard InChI is InChI=1S/C33H22BN3/c1-2-10-23(11-3-1)25-18-20-31-32(22-25)36-30-17-9-6-14-27(30)26-13-5-7-15-28(26)34(36)37(31)33-21-19-24-12-4-8-16-29(24)35-33/h1-22H. The highest BCUT2D eigenvalue weighted by Gasteiger charge is 2.48. The van der Waals surface area contributed by atoms with E-state index in [0.29, 0.717) is 0 Å². The van der Waals surface area contributed by atoms with E-state index >= 15 is 0 Å². The fourth-order valence-electron chi connectivity index (χ4n) is 5.97. The Morgan fingerprint density at radius 3 is 2.16 bits per heavy atom. The number of anilines is 4. The first kappa shape index (κ1) is 20.4. The molecule has 0 bridgehead atoms. The molecule has 0 saturated heterocycles. The van der Waals surface area contributed by atoms with Crippen LogP contribution in [0.1, 0.15) is 0 Å². The van der Waals surface area contributed by atoms with Crippen LogP contribution in [-0.4, -0.2) is 12.0 Å². The molecule has 4 heteroatoms. The van der Waals surface area contributed by atoms with Crippen molar-refractivity contribution in [2.75, 3.05) is 9.62 Å². The monoisotopic (exact) mass is 471 g/mol. The molecule has 0 N–H and O–H groups in total. The molecule has 6 aromatic rings. The summed E-state index contributed by atoms with van der Waals surface area (Å²) in [5.41, 5.74) is 10.8. The molecular weight excluding hydrogens is 449 g/mol. The van der Waals surface area contributed by atoms with Crippen molar-refractivity contribution < 1.29 is 0 Å². The number of nitrogens with zero attached hydrogens (tertiary/aromatic N) is 3. The van der Waals surface area contributed by atoms with Gasteiger partial charge in [0.1, 0.15) is 5.82 Å². The van der Waals surface area contributed by atoms with Crippen LogP contribution in [0.3, 0.4) is 0 Å². The molecule has 0 saturated carbocycles. The Morgan fingerprint density at radius 2 is 1.24 bits per heavy atom. The molecule has 37 heavy (non-hydrogen) atoms. The Morgan fingerprint density at radius 1 is 0.486 bits per heavy atom. The summed E-state index contributed by atoms with van der Waals surface area (Å²) < 4.78 is 0. The van der Waals surface area contributed by atoms with Crippen LogP contribution in [-0.2, 0) is 0 Å². The van der Waals surface area contributed by atoms with E-state index in [2.05, 4.69) is 143 Å². The molecule has 3 heterocycles. The number of rotatable bonds is 2. The minimum atomic E-state index is -0.0271. The van der Waals surface area contributed by atoms with Gasteiger partial charge in [-0.2, -0.15) is 0 Å². The maximum absolute atomic E-state index is 5.16. The van der Waals surface area contributed by atoms with Crippen LogP contribution < -0.4 is 15.1 Å². The molecule has 2 aliphatic heterocycles. The highest BCUT2D eigenvalue weighted by atomic mass is 15.3. The van der Waals surface area contributed by atoms with Crippen LogP contribution in [0.4, 0.5) is 22.9 Å². The minimum Gasteiger partial charge on any atom is -0.359 e. The first-order valence-electron chi connectivity index (χ1n) is 12.7. The lowest BCUT2D eigenvalue weighted by Crippen LogP contribution is -2.55. The summed E-state index contributed by atoms with van der Waals surface area (Å²) in [6.45, 7) is -0.0271. The smallest absolute Gasteiger partial charge is 0.359 e. The average molecular weight is 471 g/mol. The van der Waals surface area contributed by atoms with Crippen LogP contribution in [0.2, 0.25) is 0 Å². The van der Waals surface area contributed by atoms with Gasteiger partial charge >= 0.3 is 6.98 Å². The summed E-state index contributed by atoms with van der Waals surface area (Å²) in [7, 11) is 0. The summed E-state index contributed by atoms with van der Waals surface area (Å²) in [6, 6.07) is 47.7. The Labute approximate surface area is 216 Å². The molecule has 0 aliphatic carbocycles. The molecule has 3 nitrogen and oxygen atoms in total. The van der Waals surface area contributed by atoms with Crippen molar-refractivity contribution in [2.45, 2.75) is 0 Å². The van der Waals surface area contributed by atoms with E-state index in [1.54, 1.807) is 0 Å². The van der Waals surface area contributed by atoms with Gasteiger partial charge in [0, 0.05) is 16.6 Å². The van der Waals surface area contributed by atoms with Crippen molar-refractivity contribution in [3.05, 3.63) is 133 Å². The highest BCUT2D eigenvalue weighted by molar-refractivity contribution is 6.86. The lowest BCUT2D eigenvalue weighted by molar-refractivity contribution is 1.28. The molecule has 0 fully saturated rings. The van der Waals surface area contributed by atoms with E-state index in [1.807, 2.05) is 0 Å². The van der Waals surface area contributed by atoms with Crippen LogP contribution in [0.5, 0.6) is 0 Å². The largest absolute Gasteiger partial charge is 0.422 e. The molecule has 0 amide bonds. The van der Waals surface area contributed by atoms with Crippen LogP contribution in [0.15, 0.2) is 133 Å². The third-order valence-corrected chi connectivity index (χ3v) is 7.61. The molecular formula is C33H22BN3. The molecule has 0 spiro atoms. The van der Waals surface area contributed by atoms with Crippen molar-refractivity contribution in [3.63, 3.8) is 0 Å². The summed E-state index contributed by atoms with van der Waals surface area (Å²) in [4.78, 5) is 10.1. The Bertz CT molecular complexity index is 1810. The number of aromatic nitrogens is 1. The second kappa shape index (κ2) is 7.84. The highest BCUT2D eigenvalue weighted by Crippen LogP contribution is 2.51. The maximum Gasteiger partial charge on any atom is 0.422 e. The van der Waals surface area contributed by atoms with Gasteiger partial charge in [0.2, 0.25) is 0 Å². The van der Waals surface area contributed by atoms with Gasteiger partial charge in [-0.3, -0.25) is 0 Å². The first-order chi connectivity index (χ1) is 18.4. The van der Waals surface area contributed by atoms with Gasteiger partial charge in [0.15, 0.2) is 0 Å². The number of benzene rings is 5. The van der Waals surface area contributed by atoms with Crippen LogP contribution in [0, 0.1) is 0 Å². The summed E-state index contributed by atoms with van der Waals surface area (Å²) in [5, 5.41) is 1.15. The van der Waals surface area contributed by atoms with Crippen molar-refractivity contribution in [1.29, 1.82) is 0 Å². The number of para-hydroxylation sites is 2. The van der Waals surface area contributed by atoms with Gasteiger partial charge in [0.25, 0.3) is 0 Å². The fourth-order valence-corrected chi connectivity index (χ4v) is 5.97. The van der Waals surface area contributed by atoms with Crippen LogP contribution >= 0.6 is 0 Å². The van der Waals surface area contributed by atoms with E-state index in [-0.39, 0.29) is 6.98 Å². The Kier molecular flexibility index (Phi) is 4.32. The number of hydrogen-bond donors (Lipinski definition) is 0. The fraction of sp³-hybridized carbons (Fsp3) is 0. The minimum absolute atomic E-state index is 0.0271. The van der Waals surface area contributed by atoms with Gasteiger partial charge in [-0.25, -0.2) is 4.98 Å². The molecule has 2 aliphatic rings. The second-order valence-corrected chi connectivity index (χ2v) is 9.65. The summed E-state index contributed by atoms with van der Waals surface area (Å²) in [6.07, 6.45) is 0. The summed E-state index contributed by atoms with van der Waals surface area (Å²) >= 11 is 0. The SMILES string of the molecule is c1ccc(-c2ccc3c(c2)N2B(c4ccccc4-c4ccccc42)N3c2ccc3ccccc3n2)cc1. The topological polar surface area (TPSA) is 19.4 Å². The van der Waals surface area contributed by atoms with E-state index in [9.17, 15) is 0 Å². The van der Waals surface area contributed by atoms with Gasteiger partial charge in [-0.1, -0.05) is 97.1 Å². The molecule has 0 radical (unpaired) electrons. The molecule has 8 rings (SSSR count). The zero-order valence-electron chi connectivity index (χ0n) is 20.1. The number of pyridine rings is 1. The van der Waals surface area contributed by atoms with Crippen molar-refractivity contribution in [2.24, 2.45) is 0 Å². The third kappa shape index (κ3) is 2.99. The number of fused-ring (bicyclic) bond motifs is 9. The van der Waals surface area contributed by atoms with Crippen LogP contribution in [0.25, 0.3) is 33.2 Å². The lowest BCUT2D eigenvalue weighted by Gasteiger charge is -2.36. The molecule has 172 valence electrons. The molecule has 1 aromatic heterocycles. The average Bonchev–Trinajstić information content (AvgIpc) is 3.32. The Balaban J connectivity index is 1.41. The van der Waals surface area contributed by atoms with E-state index in [4.69, 9.17) is 4.98 Å². The zero-order valence-corrected chi connectivity index (χ0v) is 20.1. The van der Waals surface area contributed by atoms with E-state index in [0.717, 1.165) is 16.7 Å². The normalized spacial score (nSPS) is 13.2. The van der Waals surface area contributed by atoms with Gasteiger partial charge < -0.3 is 9.62 Å². The second-order valence-electron chi connectivity index (χ2n) is 9.65. The van der Waals surface area contributed by atoms with Crippen molar-refractivity contribution in [1.82, 2.24) is 4.98 Å². The molecule has 0 atom stereocenters. The van der Waals surface area contributed by atoms with Gasteiger partial charge in [-0.15, -0.1) is 0 Å². The Hall–Kier alpha value is -4.83. The van der Waals surface area contributed by atoms with Gasteiger partial charge in [-0.05, 0) is 58.6 Å². The quantitative estimate of drug-likeness (QED) is 0.243. The maximum atomic E-state index is 5.16. The van der Waals surface area contributed by atoms with Gasteiger partial charge in [0.05, 0.1) is 16.9 Å². The van der Waals surface area contributed by atoms with Crippen molar-refractivity contribution in [3.8, 4) is 22.3 Å².